The van der Waals surface area contributed by atoms with Crippen molar-refractivity contribution < 1.29 is 26.7 Å². The second-order valence-electron chi connectivity index (χ2n) is 6.27. The molecule has 3 rings (SSSR count). The SMILES string of the molecule is N#C/C(=C/c1ccc(OC(F)F)cc1)C(=O)Nc1ccc(S(=O)(=O)Nc2ncccn2)cc1. The molecule has 2 aromatic carbocycles. The molecule has 0 unspecified atom stereocenters. The minimum atomic E-state index is -3.94. The van der Waals surface area contributed by atoms with Gasteiger partial charge in [0.15, 0.2) is 0 Å². The Bertz CT molecular complexity index is 1290. The van der Waals surface area contributed by atoms with Crippen LogP contribution in [0.3, 0.4) is 0 Å². The molecule has 0 aliphatic heterocycles. The van der Waals surface area contributed by atoms with Gasteiger partial charge in [-0.1, -0.05) is 12.1 Å². The predicted molar refractivity (Wildman–Crippen MR) is 115 cm³/mol. The van der Waals surface area contributed by atoms with Crippen molar-refractivity contribution >= 4 is 33.6 Å². The molecule has 33 heavy (non-hydrogen) atoms. The molecule has 0 aliphatic carbocycles. The Kier molecular flexibility index (Phi) is 7.27. The number of nitrogens with zero attached hydrogens (tertiary/aromatic N) is 3. The molecule has 0 spiro atoms. The summed E-state index contributed by atoms with van der Waals surface area (Å²) in [6.07, 6.45) is 4.04. The van der Waals surface area contributed by atoms with Crippen molar-refractivity contribution in [2.45, 2.75) is 11.5 Å². The van der Waals surface area contributed by atoms with E-state index in [1.54, 1.807) is 6.07 Å². The molecule has 0 saturated heterocycles. The van der Waals surface area contributed by atoms with Crippen molar-refractivity contribution in [1.29, 1.82) is 5.26 Å². The molecular formula is C21H15F2N5O4S. The van der Waals surface area contributed by atoms with Crippen LogP contribution in [0.5, 0.6) is 5.75 Å². The fourth-order valence-corrected chi connectivity index (χ4v) is 3.47. The Hall–Kier alpha value is -4.37. The molecule has 12 heteroatoms. The number of rotatable bonds is 8. The third-order valence-corrected chi connectivity index (χ3v) is 5.34. The number of nitrogens with one attached hydrogen (secondary N) is 2. The maximum Gasteiger partial charge on any atom is 0.387 e. The zero-order valence-corrected chi connectivity index (χ0v) is 17.5. The number of carbonyl (C=O) groups excluding carboxylic acids is 1. The molecule has 9 nitrogen and oxygen atoms in total. The van der Waals surface area contributed by atoms with Gasteiger partial charge in [0.1, 0.15) is 17.4 Å². The summed E-state index contributed by atoms with van der Waals surface area (Å²) in [6, 6.07) is 13.9. The largest absolute Gasteiger partial charge is 0.435 e. The van der Waals surface area contributed by atoms with Crippen LogP contribution in [0.4, 0.5) is 20.4 Å². The monoisotopic (exact) mass is 471 g/mol. The molecule has 1 heterocycles. The molecule has 0 atom stereocenters. The van der Waals surface area contributed by atoms with Crippen molar-refractivity contribution in [2.75, 3.05) is 10.0 Å². The first kappa shape index (κ1) is 23.3. The Morgan fingerprint density at radius 2 is 1.70 bits per heavy atom. The lowest BCUT2D eigenvalue weighted by molar-refractivity contribution is -0.112. The van der Waals surface area contributed by atoms with Gasteiger partial charge < -0.3 is 10.1 Å². The second-order valence-corrected chi connectivity index (χ2v) is 7.96. The molecule has 2 N–H and O–H groups in total. The number of alkyl halides is 2. The van der Waals surface area contributed by atoms with Gasteiger partial charge in [-0.15, -0.1) is 0 Å². The summed E-state index contributed by atoms with van der Waals surface area (Å²) < 4.78 is 55.7. The van der Waals surface area contributed by atoms with Gasteiger partial charge in [0.05, 0.1) is 4.90 Å². The number of halogens is 2. The number of hydrogen-bond donors (Lipinski definition) is 2. The van der Waals surface area contributed by atoms with Crippen molar-refractivity contribution in [2.24, 2.45) is 0 Å². The first-order valence-corrected chi connectivity index (χ1v) is 10.6. The molecular weight excluding hydrogens is 456 g/mol. The minimum Gasteiger partial charge on any atom is -0.435 e. The number of anilines is 2. The van der Waals surface area contributed by atoms with E-state index in [2.05, 4.69) is 24.7 Å². The Balaban J connectivity index is 1.69. The number of benzene rings is 2. The summed E-state index contributed by atoms with van der Waals surface area (Å²) >= 11 is 0. The summed E-state index contributed by atoms with van der Waals surface area (Å²) in [5.41, 5.74) is 0.410. The molecule has 0 fully saturated rings. The van der Waals surface area contributed by atoms with E-state index in [4.69, 9.17) is 0 Å². The Morgan fingerprint density at radius 1 is 1.06 bits per heavy atom. The summed E-state index contributed by atoms with van der Waals surface area (Å²) in [7, 11) is -3.94. The topological polar surface area (TPSA) is 134 Å². The van der Waals surface area contributed by atoms with Gasteiger partial charge in [0, 0.05) is 18.1 Å². The molecule has 0 saturated carbocycles. The van der Waals surface area contributed by atoms with E-state index in [1.165, 1.54) is 73.1 Å². The van der Waals surface area contributed by atoms with Crippen LogP contribution in [0.15, 0.2) is 77.5 Å². The van der Waals surface area contributed by atoms with Crippen molar-refractivity contribution in [3.63, 3.8) is 0 Å². The quantitative estimate of drug-likeness (QED) is 0.380. The highest BCUT2D eigenvalue weighted by Gasteiger charge is 2.16. The number of ether oxygens (including phenoxy) is 1. The Morgan fingerprint density at radius 3 is 2.27 bits per heavy atom. The van der Waals surface area contributed by atoms with Crippen LogP contribution in [-0.4, -0.2) is 30.9 Å². The van der Waals surface area contributed by atoms with E-state index in [0.717, 1.165) is 0 Å². The van der Waals surface area contributed by atoms with Crippen molar-refractivity contribution in [3.8, 4) is 11.8 Å². The van der Waals surface area contributed by atoms with E-state index in [1.807, 2.05) is 0 Å². The molecule has 3 aromatic rings. The van der Waals surface area contributed by atoms with E-state index in [0.29, 0.717) is 5.56 Å². The van der Waals surface area contributed by atoms with E-state index in [9.17, 15) is 27.3 Å². The van der Waals surface area contributed by atoms with Crippen LogP contribution in [0.1, 0.15) is 5.56 Å². The lowest BCUT2D eigenvalue weighted by atomic mass is 10.1. The zero-order chi connectivity index (χ0) is 23.8. The van der Waals surface area contributed by atoms with Gasteiger partial charge in [0.2, 0.25) is 5.95 Å². The smallest absolute Gasteiger partial charge is 0.387 e. The fraction of sp³-hybridized carbons (Fsp3) is 0.0476. The van der Waals surface area contributed by atoms with Crippen LogP contribution in [0.2, 0.25) is 0 Å². The van der Waals surface area contributed by atoms with Crippen LogP contribution in [0.25, 0.3) is 6.08 Å². The predicted octanol–water partition coefficient (Wildman–Crippen LogP) is 3.42. The van der Waals surface area contributed by atoms with Crippen LogP contribution in [-0.2, 0) is 14.8 Å². The van der Waals surface area contributed by atoms with E-state index in [-0.39, 0.29) is 27.9 Å². The number of amides is 1. The Labute approximate surface area is 187 Å². The molecule has 0 radical (unpaired) electrons. The van der Waals surface area contributed by atoms with Gasteiger partial charge in [-0.25, -0.2) is 23.1 Å². The van der Waals surface area contributed by atoms with Gasteiger partial charge in [-0.2, -0.15) is 14.0 Å². The molecule has 0 aliphatic rings. The minimum absolute atomic E-state index is 0.0616. The second kappa shape index (κ2) is 10.3. The number of hydrogen-bond acceptors (Lipinski definition) is 7. The molecule has 0 bridgehead atoms. The summed E-state index contributed by atoms with van der Waals surface area (Å²) in [4.78, 5) is 19.9. The molecule has 168 valence electrons. The van der Waals surface area contributed by atoms with Crippen LogP contribution >= 0.6 is 0 Å². The molecule has 1 aromatic heterocycles. The summed E-state index contributed by atoms with van der Waals surface area (Å²) in [6.45, 7) is -2.96. The van der Waals surface area contributed by atoms with E-state index >= 15 is 0 Å². The number of nitriles is 1. The lowest BCUT2D eigenvalue weighted by Crippen LogP contribution is -2.16. The lowest BCUT2D eigenvalue weighted by Gasteiger charge is -2.08. The van der Waals surface area contributed by atoms with Crippen LogP contribution in [0, 0.1) is 11.3 Å². The molecule has 1 amide bonds. The summed E-state index contributed by atoms with van der Waals surface area (Å²) in [5, 5.41) is 11.8. The first-order valence-electron chi connectivity index (χ1n) is 9.15. The highest BCUT2D eigenvalue weighted by molar-refractivity contribution is 7.92. The average Bonchev–Trinajstić information content (AvgIpc) is 2.79. The zero-order valence-electron chi connectivity index (χ0n) is 16.6. The number of aromatic nitrogens is 2. The number of carbonyl (C=O) groups is 1. The van der Waals surface area contributed by atoms with Gasteiger partial charge in [-0.05, 0) is 54.1 Å². The maximum absolute atomic E-state index is 12.4. The third-order valence-electron chi connectivity index (χ3n) is 4.00. The standard InChI is InChI=1S/C21H15F2N5O4S/c22-20(23)32-17-6-2-14(3-7-17)12-15(13-24)19(29)27-16-4-8-18(9-5-16)33(30,31)28-21-25-10-1-11-26-21/h1-12,20H,(H,27,29)(H,25,26,28)/b15-12-. The first-order chi connectivity index (χ1) is 15.8. The van der Waals surface area contributed by atoms with E-state index < -0.39 is 22.5 Å². The van der Waals surface area contributed by atoms with Gasteiger partial charge in [-0.3, -0.25) is 4.79 Å². The summed E-state index contributed by atoms with van der Waals surface area (Å²) in [5.74, 6) is -0.891. The number of sulfonamides is 1. The van der Waals surface area contributed by atoms with Gasteiger partial charge in [0.25, 0.3) is 15.9 Å². The third kappa shape index (κ3) is 6.55. The maximum atomic E-state index is 12.4. The highest BCUT2D eigenvalue weighted by atomic mass is 32.2. The normalized spacial score (nSPS) is 11.5. The van der Waals surface area contributed by atoms with Crippen LogP contribution < -0.4 is 14.8 Å². The van der Waals surface area contributed by atoms with Gasteiger partial charge >= 0.3 is 6.61 Å². The fourth-order valence-electron chi connectivity index (χ4n) is 2.51. The highest BCUT2D eigenvalue weighted by Crippen LogP contribution is 2.19. The van der Waals surface area contributed by atoms with Crippen molar-refractivity contribution in [3.05, 3.63) is 78.1 Å². The van der Waals surface area contributed by atoms with Crippen molar-refractivity contribution in [1.82, 2.24) is 9.97 Å². The average molecular weight is 471 g/mol.